The summed E-state index contributed by atoms with van der Waals surface area (Å²) in [5, 5.41) is 8.90. The highest BCUT2D eigenvalue weighted by Gasteiger charge is 2.21. The minimum Gasteiger partial charge on any atom is -0.481 e. The molecule has 0 aliphatic heterocycles. The van der Waals surface area contributed by atoms with Gasteiger partial charge >= 0.3 is 5.97 Å². The van der Waals surface area contributed by atoms with Crippen LogP contribution in [-0.4, -0.2) is 17.1 Å². The Morgan fingerprint density at radius 1 is 1.44 bits per heavy atom. The summed E-state index contributed by atoms with van der Waals surface area (Å²) in [6.07, 6.45) is 0.0853. The lowest BCUT2D eigenvalue weighted by atomic mass is 9.86. The van der Waals surface area contributed by atoms with Gasteiger partial charge in [-0.25, -0.2) is 0 Å². The van der Waals surface area contributed by atoms with Crippen LogP contribution in [0.5, 0.6) is 0 Å². The summed E-state index contributed by atoms with van der Waals surface area (Å²) >= 11 is 0. The van der Waals surface area contributed by atoms with Crippen molar-refractivity contribution in [3.63, 3.8) is 0 Å². The molecule has 0 saturated heterocycles. The molecule has 0 aromatic heterocycles. The van der Waals surface area contributed by atoms with Crippen molar-refractivity contribution in [3.05, 3.63) is 34.9 Å². The van der Waals surface area contributed by atoms with Crippen molar-refractivity contribution < 1.29 is 9.90 Å². The second kappa shape index (κ2) is 5.12. The third-order valence-corrected chi connectivity index (χ3v) is 2.86. The van der Waals surface area contributed by atoms with E-state index in [9.17, 15) is 4.79 Å². The van der Waals surface area contributed by atoms with Gasteiger partial charge in [-0.05, 0) is 31.9 Å². The highest BCUT2D eigenvalue weighted by Crippen LogP contribution is 2.26. The lowest BCUT2D eigenvalue weighted by Gasteiger charge is -2.21. The van der Waals surface area contributed by atoms with Gasteiger partial charge in [-0.15, -0.1) is 0 Å². The van der Waals surface area contributed by atoms with Crippen molar-refractivity contribution in [2.75, 3.05) is 0 Å². The highest BCUT2D eigenvalue weighted by atomic mass is 16.4. The Morgan fingerprint density at radius 3 is 2.56 bits per heavy atom. The Morgan fingerprint density at radius 2 is 2.06 bits per heavy atom. The summed E-state index contributed by atoms with van der Waals surface area (Å²) in [5.74, 6) is -0.916. The van der Waals surface area contributed by atoms with Crippen LogP contribution >= 0.6 is 0 Å². The monoisotopic (exact) mass is 221 g/mol. The first-order valence-electron chi connectivity index (χ1n) is 5.46. The zero-order valence-corrected chi connectivity index (χ0v) is 10.0. The lowest BCUT2D eigenvalue weighted by Crippen LogP contribution is -2.27. The third kappa shape index (κ3) is 3.07. The van der Waals surface area contributed by atoms with E-state index in [1.165, 1.54) is 0 Å². The maximum Gasteiger partial charge on any atom is 0.304 e. The van der Waals surface area contributed by atoms with Crippen LogP contribution in [0.1, 0.15) is 36.0 Å². The number of aliphatic carboxylic acids is 1. The molecule has 0 aliphatic rings. The van der Waals surface area contributed by atoms with Crippen LogP contribution in [0.3, 0.4) is 0 Å². The second-order valence-corrected chi connectivity index (χ2v) is 4.42. The van der Waals surface area contributed by atoms with Crippen LogP contribution in [0.25, 0.3) is 0 Å². The molecule has 0 saturated carbocycles. The summed E-state index contributed by atoms with van der Waals surface area (Å²) in [6, 6.07) is 5.92. The molecule has 0 heterocycles. The molecule has 88 valence electrons. The number of hydrogen-bond donors (Lipinski definition) is 2. The maximum atomic E-state index is 10.8. The first-order chi connectivity index (χ1) is 7.41. The number of nitrogens with two attached hydrogens (primary N) is 1. The predicted molar refractivity (Wildman–Crippen MR) is 64.6 cm³/mol. The van der Waals surface area contributed by atoms with Gasteiger partial charge in [0.25, 0.3) is 0 Å². The fourth-order valence-corrected chi connectivity index (χ4v) is 1.93. The van der Waals surface area contributed by atoms with E-state index in [0.29, 0.717) is 0 Å². The highest BCUT2D eigenvalue weighted by molar-refractivity contribution is 5.68. The Hall–Kier alpha value is -1.35. The zero-order chi connectivity index (χ0) is 12.3. The topological polar surface area (TPSA) is 63.3 Å². The van der Waals surface area contributed by atoms with Crippen LogP contribution in [0.2, 0.25) is 0 Å². The van der Waals surface area contributed by atoms with Crippen molar-refractivity contribution >= 4 is 5.97 Å². The maximum absolute atomic E-state index is 10.8. The van der Waals surface area contributed by atoms with E-state index in [-0.39, 0.29) is 18.4 Å². The molecular weight excluding hydrogens is 202 g/mol. The summed E-state index contributed by atoms with van der Waals surface area (Å²) in [5.41, 5.74) is 9.17. The molecule has 3 nitrogen and oxygen atoms in total. The SMILES string of the molecule is Cc1ccc(C)c(C(CC(=O)O)C(C)N)c1. The molecular formula is C13H19NO2. The molecule has 0 radical (unpaired) electrons. The van der Waals surface area contributed by atoms with Gasteiger partial charge in [0, 0.05) is 12.0 Å². The predicted octanol–water partition coefficient (Wildman–Crippen LogP) is 2.21. The van der Waals surface area contributed by atoms with Crippen LogP contribution < -0.4 is 5.73 Å². The number of carboxylic acids is 1. The van der Waals surface area contributed by atoms with Crippen LogP contribution in [0.15, 0.2) is 18.2 Å². The summed E-state index contributed by atoms with van der Waals surface area (Å²) in [4.78, 5) is 10.8. The van der Waals surface area contributed by atoms with Gasteiger partial charge in [0.1, 0.15) is 0 Å². The fraction of sp³-hybridized carbons (Fsp3) is 0.462. The molecule has 3 heteroatoms. The van der Waals surface area contributed by atoms with Gasteiger partial charge in [0.15, 0.2) is 0 Å². The molecule has 0 spiro atoms. The smallest absolute Gasteiger partial charge is 0.304 e. The molecule has 0 fully saturated rings. The normalized spacial score (nSPS) is 14.5. The molecule has 3 N–H and O–H groups in total. The largest absolute Gasteiger partial charge is 0.481 e. The average molecular weight is 221 g/mol. The van der Waals surface area contributed by atoms with Crippen LogP contribution in [0.4, 0.5) is 0 Å². The molecule has 0 aliphatic carbocycles. The zero-order valence-electron chi connectivity index (χ0n) is 10.0. The van der Waals surface area contributed by atoms with Crippen LogP contribution in [0, 0.1) is 13.8 Å². The number of carboxylic acid groups (broad SMARTS) is 1. The minimum absolute atomic E-state index is 0.0853. The number of hydrogen-bond acceptors (Lipinski definition) is 2. The average Bonchev–Trinajstić information content (AvgIpc) is 2.18. The van der Waals surface area contributed by atoms with Crippen LogP contribution in [-0.2, 0) is 4.79 Å². The van der Waals surface area contributed by atoms with E-state index in [2.05, 4.69) is 0 Å². The standard InChI is InChI=1S/C13H19NO2/c1-8-4-5-9(2)11(6-8)12(10(3)14)7-13(15)16/h4-6,10,12H,7,14H2,1-3H3,(H,15,16). The van der Waals surface area contributed by atoms with E-state index < -0.39 is 5.97 Å². The van der Waals surface area contributed by atoms with Crippen molar-refractivity contribution in [1.29, 1.82) is 0 Å². The Bertz CT molecular complexity index is 386. The van der Waals surface area contributed by atoms with Crippen molar-refractivity contribution in [1.82, 2.24) is 0 Å². The van der Waals surface area contributed by atoms with Gasteiger partial charge in [-0.2, -0.15) is 0 Å². The van der Waals surface area contributed by atoms with E-state index >= 15 is 0 Å². The molecule has 16 heavy (non-hydrogen) atoms. The first-order valence-corrected chi connectivity index (χ1v) is 5.46. The Labute approximate surface area is 96.3 Å². The Kier molecular flexibility index (Phi) is 4.07. The first kappa shape index (κ1) is 12.7. The number of carbonyl (C=O) groups is 1. The summed E-state index contributed by atoms with van der Waals surface area (Å²) < 4.78 is 0. The molecule has 0 amide bonds. The number of aryl methyl sites for hydroxylation is 2. The molecule has 2 unspecified atom stereocenters. The number of rotatable bonds is 4. The molecule has 1 aromatic rings. The fourth-order valence-electron chi connectivity index (χ4n) is 1.93. The van der Waals surface area contributed by atoms with Gasteiger partial charge < -0.3 is 10.8 Å². The van der Waals surface area contributed by atoms with Crippen molar-refractivity contribution in [2.45, 2.75) is 39.2 Å². The molecule has 2 atom stereocenters. The molecule has 1 rings (SSSR count). The van der Waals surface area contributed by atoms with Crippen molar-refractivity contribution in [2.24, 2.45) is 5.73 Å². The summed E-state index contributed by atoms with van der Waals surface area (Å²) in [7, 11) is 0. The summed E-state index contributed by atoms with van der Waals surface area (Å²) in [6.45, 7) is 5.85. The number of benzene rings is 1. The van der Waals surface area contributed by atoms with E-state index in [4.69, 9.17) is 10.8 Å². The van der Waals surface area contributed by atoms with Crippen molar-refractivity contribution in [3.8, 4) is 0 Å². The third-order valence-electron chi connectivity index (χ3n) is 2.86. The quantitative estimate of drug-likeness (QED) is 0.819. The Balaban J connectivity index is 3.09. The molecule has 0 bridgehead atoms. The van der Waals surface area contributed by atoms with E-state index in [1.807, 2.05) is 39.0 Å². The van der Waals surface area contributed by atoms with Gasteiger partial charge in [0.05, 0.1) is 6.42 Å². The van der Waals surface area contributed by atoms with Gasteiger partial charge in [-0.1, -0.05) is 23.8 Å². The van der Waals surface area contributed by atoms with Gasteiger partial charge in [0.2, 0.25) is 0 Å². The second-order valence-electron chi connectivity index (χ2n) is 4.42. The minimum atomic E-state index is -0.803. The van der Waals surface area contributed by atoms with E-state index in [0.717, 1.165) is 16.7 Å². The lowest BCUT2D eigenvalue weighted by molar-refractivity contribution is -0.137. The molecule has 1 aromatic carbocycles. The van der Waals surface area contributed by atoms with Gasteiger partial charge in [-0.3, -0.25) is 4.79 Å². The van der Waals surface area contributed by atoms with E-state index in [1.54, 1.807) is 0 Å².